The van der Waals surface area contributed by atoms with Crippen LogP contribution in [-0.2, 0) is 21.8 Å². The molecular weight excluding hydrogens is 480 g/mol. The van der Waals surface area contributed by atoms with Crippen LogP contribution in [0.15, 0.2) is 71.2 Å². The first kappa shape index (κ1) is 26.6. The molecule has 0 bridgehead atoms. The van der Waals surface area contributed by atoms with Crippen LogP contribution in [0.4, 0.5) is 5.69 Å². The minimum absolute atomic E-state index is 0.165. The molecule has 0 spiro atoms. The predicted molar refractivity (Wildman–Crippen MR) is 142 cm³/mol. The summed E-state index contributed by atoms with van der Waals surface area (Å²) < 4.78 is 7.04. The van der Waals surface area contributed by atoms with Crippen LogP contribution in [0.2, 0.25) is 0 Å². The van der Waals surface area contributed by atoms with Crippen LogP contribution >= 0.6 is 23.5 Å². The van der Waals surface area contributed by atoms with Crippen molar-refractivity contribution in [2.24, 2.45) is 0 Å². The number of benzene rings is 2. The number of allylic oxidation sites excluding steroid dienone is 1. The molecule has 184 valence electrons. The van der Waals surface area contributed by atoms with E-state index in [9.17, 15) is 9.59 Å². The monoisotopic (exact) mass is 510 g/mol. The first-order chi connectivity index (χ1) is 16.9. The third-order valence-electron chi connectivity index (χ3n) is 5.05. The van der Waals surface area contributed by atoms with E-state index in [1.165, 1.54) is 17.3 Å². The zero-order chi connectivity index (χ0) is 25.2. The summed E-state index contributed by atoms with van der Waals surface area (Å²) in [5.41, 5.74) is 2.16. The molecular formula is C26H30N4O3S2. The molecule has 0 fully saturated rings. The number of aryl methyl sites for hydroxylation is 1. The van der Waals surface area contributed by atoms with Gasteiger partial charge in [-0.05, 0) is 50.6 Å². The smallest absolute Gasteiger partial charge is 0.338 e. The highest BCUT2D eigenvalue weighted by Crippen LogP contribution is 2.29. The Balaban J connectivity index is 1.69. The maximum Gasteiger partial charge on any atom is 0.338 e. The van der Waals surface area contributed by atoms with E-state index in [0.29, 0.717) is 41.7 Å². The first-order valence-electron chi connectivity index (χ1n) is 11.4. The number of anilines is 1. The lowest BCUT2D eigenvalue weighted by Gasteiger charge is -2.15. The highest BCUT2D eigenvalue weighted by atomic mass is 32.2. The third kappa shape index (κ3) is 7.47. The number of carbonyl (C=O) groups is 2. The molecule has 1 aromatic heterocycles. The van der Waals surface area contributed by atoms with E-state index in [0.717, 1.165) is 10.7 Å². The van der Waals surface area contributed by atoms with Gasteiger partial charge >= 0.3 is 5.97 Å². The van der Waals surface area contributed by atoms with Crippen LogP contribution in [0.25, 0.3) is 0 Å². The van der Waals surface area contributed by atoms with Crippen molar-refractivity contribution in [1.29, 1.82) is 0 Å². The second-order valence-electron chi connectivity index (χ2n) is 7.71. The van der Waals surface area contributed by atoms with Gasteiger partial charge < -0.3 is 14.6 Å². The fourth-order valence-corrected chi connectivity index (χ4v) is 5.04. The average Bonchev–Trinajstić information content (AvgIpc) is 3.23. The molecule has 3 rings (SSSR count). The summed E-state index contributed by atoms with van der Waals surface area (Å²) in [5.74, 6) is 0.907. The molecule has 0 aliphatic carbocycles. The number of esters is 1. The Kier molecular flexibility index (Phi) is 9.98. The zero-order valence-electron chi connectivity index (χ0n) is 20.2. The molecule has 1 amide bonds. The van der Waals surface area contributed by atoms with Gasteiger partial charge in [0.05, 0.1) is 23.2 Å². The molecule has 0 saturated carbocycles. The van der Waals surface area contributed by atoms with Crippen molar-refractivity contribution < 1.29 is 14.3 Å². The summed E-state index contributed by atoms with van der Waals surface area (Å²) in [6, 6.07) is 15.1. The van der Waals surface area contributed by atoms with Crippen LogP contribution in [0.1, 0.15) is 42.0 Å². The van der Waals surface area contributed by atoms with Gasteiger partial charge in [-0.2, -0.15) is 0 Å². The van der Waals surface area contributed by atoms with Gasteiger partial charge in [-0.15, -0.1) is 28.5 Å². The molecule has 0 aliphatic heterocycles. The third-order valence-corrected chi connectivity index (χ3v) is 7.40. The maximum absolute atomic E-state index is 13.0. The van der Waals surface area contributed by atoms with Gasteiger partial charge in [0.15, 0.2) is 5.16 Å². The molecule has 7 nitrogen and oxygen atoms in total. The van der Waals surface area contributed by atoms with Gasteiger partial charge in [-0.1, -0.05) is 48.5 Å². The van der Waals surface area contributed by atoms with Crippen molar-refractivity contribution in [2.45, 2.75) is 54.8 Å². The van der Waals surface area contributed by atoms with Crippen LogP contribution in [0.5, 0.6) is 0 Å². The fourth-order valence-electron chi connectivity index (χ4n) is 3.22. The number of ether oxygens (including phenoxy) is 1. The number of amides is 1. The number of hydrogen-bond acceptors (Lipinski definition) is 7. The van der Waals surface area contributed by atoms with Gasteiger partial charge in [-0.3, -0.25) is 4.79 Å². The predicted octanol–water partition coefficient (Wildman–Crippen LogP) is 5.75. The van der Waals surface area contributed by atoms with E-state index in [4.69, 9.17) is 4.74 Å². The van der Waals surface area contributed by atoms with Crippen molar-refractivity contribution in [3.05, 3.63) is 78.1 Å². The van der Waals surface area contributed by atoms with Crippen molar-refractivity contribution in [2.75, 3.05) is 11.9 Å². The summed E-state index contributed by atoms with van der Waals surface area (Å²) in [5, 5.41) is 12.0. The van der Waals surface area contributed by atoms with Gasteiger partial charge in [0.2, 0.25) is 5.91 Å². The van der Waals surface area contributed by atoms with E-state index in [2.05, 4.69) is 53.3 Å². The fraction of sp³-hybridized carbons (Fsp3) is 0.308. The molecule has 0 saturated heterocycles. The molecule has 1 heterocycles. The SMILES string of the molecule is C=CCn1c(CSc2ccc(C)cc2)nnc1SC(CC)C(=O)Nc1cccc(C(=O)OCC)c1. The van der Waals surface area contributed by atoms with Gasteiger partial charge in [0, 0.05) is 17.1 Å². The van der Waals surface area contributed by atoms with E-state index in [1.54, 1.807) is 49.0 Å². The molecule has 35 heavy (non-hydrogen) atoms. The summed E-state index contributed by atoms with van der Waals surface area (Å²) >= 11 is 3.07. The van der Waals surface area contributed by atoms with E-state index in [-0.39, 0.29) is 11.2 Å². The average molecular weight is 511 g/mol. The Hall–Kier alpha value is -3.04. The molecule has 0 aliphatic rings. The maximum atomic E-state index is 13.0. The van der Waals surface area contributed by atoms with Crippen molar-refractivity contribution in [3.63, 3.8) is 0 Å². The van der Waals surface area contributed by atoms with Crippen LogP contribution in [0.3, 0.4) is 0 Å². The molecule has 2 aromatic carbocycles. The lowest BCUT2D eigenvalue weighted by molar-refractivity contribution is -0.115. The minimum atomic E-state index is -0.418. The summed E-state index contributed by atoms with van der Waals surface area (Å²) in [7, 11) is 0. The normalized spacial score (nSPS) is 11.6. The summed E-state index contributed by atoms with van der Waals surface area (Å²) in [6.45, 7) is 10.5. The topological polar surface area (TPSA) is 86.1 Å². The van der Waals surface area contributed by atoms with E-state index < -0.39 is 5.97 Å². The van der Waals surface area contributed by atoms with E-state index in [1.807, 2.05) is 11.5 Å². The van der Waals surface area contributed by atoms with Crippen LogP contribution in [0, 0.1) is 6.92 Å². The number of carbonyl (C=O) groups excluding carboxylic acids is 2. The van der Waals surface area contributed by atoms with Crippen LogP contribution in [-0.4, -0.2) is 38.5 Å². The number of nitrogens with zero attached hydrogens (tertiary/aromatic N) is 3. The summed E-state index contributed by atoms with van der Waals surface area (Å²) in [6.07, 6.45) is 2.40. The number of nitrogens with one attached hydrogen (secondary N) is 1. The lowest BCUT2D eigenvalue weighted by atomic mass is 10.2. The second kappa shape index (κ2) is 13.2. The molecule has 1 N–H and O–H groups in total. The number of thioether (sulfide) groups is 2. The Bertz CT molecular complexity index is 1160. The second-order valence-corrected chi connectivity index (χ2v) is 9.92. The highest BCUT2D eigenvalue weighted by molar-refractivity contribution is 8.00. The van der Waals surface area contributed by atoms with Gasteiger partial charge in [0.1, 0.15) is 5.82 Å². The standard InChI is InChI=1S/C26H30N4O3S2/c1-5-15-30-23(17-34-21-13-11-18(4)12-14-21)28-29-26(30)35-22(6-2)24(31)27-20-10-8-9-19(16-20)25(32)33-7-3/h5,8-14,16,22H,1,6-7,15,17H2,2-4H3,(H,27,31). The number of hydrogen-bond donors (Lipinski definition) is 1. The Morgan fingerprint density at radius 2 is 1.94 bits per heavy atom. The Labute approximate surface area is 214 Å². The lowest BCUT2D eigenvalue weighted by Crippen LogP contribution is -2.25. The van der Waals surface area contributed by atoms with Crippen molar-refractivity contribution in [1.82, 2.24) is 14.8 Å². The number of aromatic nitrogens is 3. The Morgan fingerprint density at radius 1 is 1.17 bits per heavy atom. The first-order valence-corrected chi connectivity index (χ1v) is 13.3. The van der Waals surface area contributed by atoms with Crippen LogP contribution < -0.4 is 5.32 Å². The number of rotatable bonds is 12. The van der Waals surface area contributed by atoms with Gasteiger partial charge in [-0.25, -0.2) is 4.79 Å². The Morgan fingerprint density at radius 3 is 2.63 bits per heavy atom. The molecule has 1 unspecified atom stereocenters. The minimum Gasteiger partial charge on any atom is -0.462 e. The quantitative estimate of drug-likeness (QED) is 0.189. The molecule has 3 aromatic rings. The zero-order valence-corrected chi connectivity index (χ0v) is 21.8. The molecule has 9 heteroatoms. The van der Waals surface area contributed by atoms with Crippen molar-refractivity contribution in [3.8, 4) is 0 Å². The highest BCUT2D eigenvalue weighted by Gasteiger charge is 2.23. The largest absolute Gasteiger partial charge is 0.462 e. The van der Waals surface area contributed by atoms with Gasteiger partial charge in [0.25, 0.3) is 0 Å². The van der Waals surface area contributed by atoms with Crippen molar-refractivity contribution >= 4 is 41.1 Å². The molecule has 0 radical (unpaired) electrons. The van der Waals surface area contributed by atoms with E-state index >= 15 is 0 Å². The molecule has 1 atom stereocenters. The summed E-state index contributed by atoms with van der Waals surface area (Å²) in [4.78, 5) is 26.2.